The number of likely N-dealkylation sites (tertiary alicyclic amines) is 1. The van der Waals surface area contributed by atoms with Gasteiger partial charge in [-0.2, -0.15) is 0 Å². The molecule has 4 N–H and O–H groups in total. The van der Waals surface area contributed by atoms with Gasteiger partial charge in [0.1, 0.15) is 5.82 Å². The molecule has 1 fully saturated rings. The number of nitrogens with two attached hydrogens (primary N) is 1. The van der Waals surface area contributed by atoms with Crippen LogP contribution >= 0.6 is 11.6 Å². The zero-order valence-electron chi connectivity index (χ0n) is 13.8. The second-order valence-electron chi connectivity index (χ2n) is 5.96. The second kappa shape index (κ2) is 8.84. The minimum absolute atomic E-state index is 0.0787. The Balaban J connectivity index is 1.81. The molecule has 1 saturated heterocycles. The summed E-state index contributed by atoms with van der Waals surface area (Å²) in [5.74, 6) is 0.0847. The molecule has 0 spiro atoms. The Morgan fingerprint density at radius 1 is 1.42 bits per heavy atom. The Bertz CT molecular complexity index is 588. The number of anilines is 1. The van der Waals surface area contributed by atoms with Gasteiger partial charge in [-0.15, -0.1) is 0 Å². The normalized spacial score (nSPS) is 15.9. The molecule has 8 heteroatoms. The quantitative estimate of drug-likeness (QED) is 0.684. The zero-order chi connectivity index (χ0) is 17.5. The molecule has 1 aromatic heterocycles. The van der Waals surface area contributed by atoms with Crippen molar-refractivity contribution >= 4 is 29.2 Å². The SMILES string of the molecule is CCCNC(=O)CN1CCC(Nc2ncc(C(N)=O)cc2Cl)CC1. The molecule has 0 aliphatic carbocycles. The molecule has 24 heavy (non-hydrogen) atoms. The summed E-state index contributed by atoms with van der Waals surface area (Å²) in [6, 6.07) is 1.76. The molecule has 0 aromatic carbocycles. The van der Waals surface area contributed by atoms with Crippen LogP contribution in [-0.4, -0.2) is 53.9 Å². The smallest absolute Gasteiger partial charge is 0.250 e. The van der Waals surface area contributed by atoms with Gasteiger partial charge < -0.3 is 16.4 Å². The van der Waals surface area contributed by atoms with Crippen molar-refractivity contribution in [1.29, 1.82) is 0 Å². The van der Waals surface area contributed by atoms with Gasteiger partial charge in [-0.1, -0.05) is 18.5 Å². The summed E-state index contributed by atoms with van der Waals surface area (Å²) in [6.45, 7) is 4.89. The number of hydrogen-bond donors (Lipinski definition) is 3. The number of rotatable bonds is 7. The van der Waals surface area contributed by atoms with E-state index in [1.807, 2.05) is 6.92 Å². The number of primary amides is 1. The first-order valence-corrected chi connectivity index (χ1v) is 8.58. The highest BCUT2D eigenvalue weighted by Gasteiger charge is 2.21. The average molecular weight is 354 g/mol. The molecular formula is C16H24ClN5O2. The summed E-state index contributed by atoms with van der Waals surface area (Å²) in [5.41, 5.74) is 5.50. The Hall–Kier alpha value is -1.86. The molecule has 0 unspecified atom stereocenters. The van der Waals surface area contributed by atoms with Gasteiger partial charge >= 0.3 is 0 Å². The van der Waals surface area contributed by atoms with Gasteiger partial charge in [0.2, 0.25) is 11.8 Å². The van der Waals surface area contributed by atoms with Crippen LogP contribution in [0.3, 0.4) is 0 Å². The van der Waals surface area contributed by atoms with Crippen molar-refractivity contribution in [3.63, 3.8) is 0 Å². The zero-order valence-corrected chi connectivity index (χ0v) is 14.6. The van der Waals surface area contributed by atoms with E-state index in [0.29, 0.717) is 22.9 Å². The molecule has 7 nitrogen and oxygen atoms in total. The van der Waals surface area contributed by atoms with Crippen LogP contribution in [-0.2, 0) is 4.79 Å². The predicted octanol–water partition coefficient (Wildman–Crippen LogP) is 1.24. The molecule has 0 bridgehead atoms. The summed E-state index contributed by atoms with van der Waals surface area (Å²) >= 11 is 6.14. The number of nitrogens with zero attached hydrogens (tertiary/aromatic N) is 2. The van der Waals surface area contributed by atoms with Crippen molar-refractivity contribution in [3.05, 3.63) is 22.8 Å². The van der Waals surface area contributed by atoms with E-state index >= 15 is 0 Å². The van der Waals surface area contributed by atoms with Gasteiger partial charge in [0.15, 0.2) is 0 Å². The van der Waals surface area contributed by atoms with E-state index in [0.717, 1.165) is 38.9 Å². The highest BCUT2D eigenvalue weighted by atomic mass is 35.5. The van der Waals surface area contributed by atoms with Crippen molar-refractivity contribution in [2.24, 2.45) is 5.73 Å². The number of aromatic nitrogens is 1. The summed E-state index contributed by atoms with van der Waals surface area (Å²) in [4.78, 5) is 29.2. The summed E-state index contributed by atoms with van der Waals surface area (Å²) in [6.07, 6.45) is 4.16. The minimum Gasteiger partial charge on any atom is -0.366 e. The van der Waals surface area contributed by atoms with E-state index in [4.69, 9.17) is 17.3 Å². The standard InChI is InChI=1S/C16H24ClN5O2/c1-2-5-19-14(23)10-22-6-3-12(4-7-22)21-16-13(17)8-11(9-20-16)15(18)24/h8-9,12H,2-7,10H2,1H3,(H2,18,24)(H,19,23)(H,20,21). The highest BCUT2D eigenvalue weighted by molar-refractivity contribution is 6.33. The number of carbonyl (C=O) groups excluding carboxylic acids is 2. The summed E-state index contributed by atoms with van der Waals surface area (Å²) in [5, 5.41) is 6.57. The monoisotopic (exact) mass is 353 g/mol. The van der Waals surface area contributed by atoms with E-state index < -0.39 is 5.91 Å². The van der Waals surface area contributed by atoms with Crippen molar-refractivity contribution in [2.75, 3.05) is 31.5 Å². The lowest BCUT2D eigenvalue weighted by molar-refractivity contribution is -0.122. The van der Waals surface area contributed by atoms with Crippen LogP contribution in [0.5, 0.6) is 0 Å². The molecule has 1 aromatic rings. The number of piperidine rings is 1. The van der Waals surface area contributed by atoms with Gasteiger partial charge in [0, 0.05) is 31.9 Å². The first-order chi connectivity index (χ1) is 11.5. The van der Waals surface area contributed by atoms with Crippen LogP contribution in [0.15, 0.2) is 12.3 Å². The highest BCUT2D eigenvalue weighted by Crippen LogP contribution is 2.23. The first kappa shape index (κ1) is 18.5. The molecule has 2 heterocycles. The number of pyridine rings is 1. The molecule has 2 rings (SSSR count). The third-order valence-electron chi connectivity index (χ3n) is 3.99. The van der Waals surface area contributed by atoms with Crippen molar-refractivity contribution in [1.82, 2.24) is 15.2 Å². The molecule has 0 saturated carbocycles. The Kier molecular flexibility index (Phi) is 6.81. The lowest BCUT2D eigenvalue weighted by Crippen LogP contribution is -2.44. The minimum atomic E-state index is -0.550. The van der Waals surface area contributed by atoms with Crippen LogP contribution in [0.1, 0.15) is 36.5 Å². The van der Waals surface area contributed by atoms with Crippen molar-refractivity contribution < 1.29 is 9.59 Å². The van der Waals surface area contributed by atoms with Crippen LogP contribution in [0, 0.1) is 0 Å². The summed E-state index contributed by atoms with van der Waals surface area (Å²) in [7, 11) is 0. The van der Waals surface area contributed by atoms with Gasteiger partial charge in [-0.25, -0.2) is 4.98 Å². The molecule has 1 aliphatic rings. The van der Waals surface area contributed by atoms with Gasteiger partial charge in [-0.05, 0) is 25.3 Å². The van der Waals surface area contributed by atoms with Crippen LogP contribution in [0.2, 0.25) is 5.02 Å². The molecule has 0 atom stereocenters. The van der Waals surface area contributed by atoms with E-state index in [2.05, 4.69) is 20.5 Å². The fourth-order valence-electron chi connectivity index (χ4n) is 2.63. The maximum Gasteiger partial charge on any atom is 0.250 e. The number of halogens is 1. The van der Waals surface area contributed by atoms with Crippen LogP contribution in [0.25, 0.3) is 0 Å². The predicted molar refractivity (Wildman–Crippen MR) is 94.2 cm³/mol. The van der Waals surface area contributed by atoms with Crippen LogP contribution < -0.4 is 16.4 Å². The maximum absolute atomic E-state index is 11.7. The van der Waals surface area contributed by atoms with E-state index in [9.17, 15) is 9.59 Å². The summed E-state index contributed by atoms with van der Waals surface area (Å²) < 4.78 is 0. The molecular weight excluding hydrogens is 330 g/mol. The molecule has 0 radical (unpaired) electrons. The number of carbonyl (C=O) groups is 2. The van der Waals surface area contributed by atoms with Gasteiger partial charge in [-0.3, -0.25) is 14.5 Å². The number of amides is 2. The molecule has 132 valence electrons. The number of hydrogen-bond acceptors (Lipinski definition) is 5. The Morgan fingerprint density at radius 2 is 2.12 bits per heavy atom. The van der Waals surface area contributed by atoms with Gasteiger partial charge in [0.05, 0.1) is 17.1 Å². The largest absolute Gasteiger partial charge is 0.366 e. The maximum atomic E-state index is 11.7. The van der Waals surface area contributed by atoms with E-state index in [1.165, 1.54) is 12.3 Å². The third-order valence-corrected chi connectivity index (χ3v) is 4.28. The number of nitrogens with one attached hydrogen (secondary N) is 2. The fourth-order valence-corrected chi connectivity index (χ4v) is 2.85. The first-order valence-electron chi connectivity index (χ1n) is 8.20. The topological polar surface area (TPSA) is 100 Å². The molecule has 2 amide bonds. The lowest BCUT2D eigenvalue weighted by atomic mass is 10.0. The van der Waals surface area contributed by atoms with E-state index in [-0.39, 0.29) is 11.9 Å². The average Bonchev–Trinajstić information content (AvgIpc) is 2.56. The fraction of sp³-hybridized carbons (Fsp3) is 0.562. The second-order valence-corrected chi connectivity index (χ2v) is 6.37. The van der Waals surface area contributed by atoms with Gasteiger partial charge in [0.25, 0.3) is 0 Å². The third kappa shape index (κ3) is 5.35. The van der Waals surface area contributed by atoms with Crippen LogP contribution in [0.4, 0.5) is 5.82 Å². The van der Waals surface area contributed by atoms with E-state index in [1.54, 1.807) is 0 Å². The lowest BCUT2D eigenvalue weighted by Gasteiger charge is -2.32. The van der Waals surface area contributed by atoms with Crippen molar-refractivity contribution in [3.8, 4) is 0 Å². The molecule has 1 aliphatic heterocycles. The van der Waals surface area contributed by atoms with Crippen molar-refractivity contribution in [2.45, 2.75) is 32.2 Å². The Labute approximate surface area is 146 Å². The Morgan fingerprint density at radius 3 is 2.71 bits per heavy atom.